The highest BCUT2D eigenvalue weighted by molar-refractivity contribution is 6.31. The van der Waals surface area contributed by atoms with Gasteiger partial charge in [-0.3, -0.25) is 9.59 Å². The molecular formula is C26H30ClFN2O4. The molecule has 34 heavy (non-hydrogen) atoms. The van der Waals surface area contributed by atoms with E-state index in [1.54, 1.807) is 29.2 Å². The molecule has 0 aromatic heterocycles. The van der Waals surface area contributed by atoms with Gasteiger partial charge in [0.15, 0.2) is 0 Å². The third kappa shape index (κ3) is 5.70. The fourth-order valence-electron chi connectivity index (χ4n) is 4.52. The number of hydrogen-bond acceptors (Lipinski definition) is 4. The number of carbonyl (C=O) groups excluding carboxylic acids is 2. The molecule has 2 heterocycles. The number of nitrogens with zero attached hydrogens (tertiary/aromatic N) is 2. The van der Waals surface area contributed by atoms with Crippen LogP contribution < -0.4 is 4.74 Å². The Hall–Kier alpha value is -2.64. The van der Waals surface area contributed by atoms with Gasteiger partial charge >= 0.3 is 0 Å². The van der Waals surface area contributed by atoms with Crippen LogP contribution in [0.5, 0.6) is 5.75 Å². The van der Waals surface area contributed by atoms with Crippen molar-refractivity contribution in [3.05, 3.63) is 64.4 Å². The predicted molar refractivity (Wildman–Crippen MR) is 128 cm³/mol. The Morgan fingerprint density at radius 3 is 2.59 bits per heavy atom. The molecule has 0 aliphatic carbocycles. The van der Waals surface area contributed by atoms with Crippen molar-refractivity contribution in [1.29, 1.82) is 0 Å². The van der Waals surface area contributed by atoms with Gasteiger partial charge in [-0.25, -0.2) is 4.39 Å². The van der Waals surface area contributed by atoms with E-state index in [0.717, 1.165) is 37.9 Å². The number of morpholine rings is 1. The summed E-state index contributed by atoms with van der Waals surface area (Å²) in [7, 11) is 0. The summed E-state index contributed by atoms with van der Waals surface area (Å²) >= 11 is 6.13. The van der Waals surface area contributed by atoms with Crippen molar-refractivity contribution >= 4 is 23.4 Å². The van der Waals surface area contributed by atoms with Crippen LogP contribution in [0.4, 0.5) is 4.39 Å². The monoisotopic (exact) mass is 488 g/mol. The first-order valence-corrected chi connectivity index (χ1v) is 12.1. The van der Waals surface area contributed by atoms with Crippen molar-refractivity contribution in [2.45, 2.75) is 38.2 Å². The average Bonchev–Trinajstić information content (AvgIpc) is 2.85. The Labute approximate surface area is 204 Å². The highest BCUT2D eigenvalue weighted by Gasteiger charge is 2.42. The minimum Gasteiger partial charge on any atom is -0.490 e. The minimum absolute atomic E-state index is 0.00917. The molecule has 2 aliphatic heterocycles. The molecule has 2 saturated heterocycles. The number of ether oxygens (including phenoxy) is 2. The van der Waals surface area contributed by atoms with Crippen molar-refractivity contribution in [2.75, 3.05) is 39.4 Å². The number of halogens is 2. The smallest absolute Gasteiger partial charge is 0.257 e. The quantitative estimate of drug-likeness (QED) is 0.601. The van der Waals surface area contributed by atoms with E-state index >= 15 is 0 Å². The summed E-state index contributed by atoms with van der Waals surface area (Å²) in [5, 5.41) is 0.637. The summed E-state index contributed by atoms with van der Waals surface area (Å²) in [5.74, 6) is -0.399. The molecule has 182 valence electrons. The topological polar surface area (TPSA) is 59.1 Å². The lowest BCUT2D eigenvalue weighted by atomic mass is 9.95. The number of benzene rings is 2. The zero-order valence-electron chi connectivity index (χ0n) is 19.4. The third-order valence-electron chi connectivity index (χ3n) is 6.45. The summed E-state index contributed by atoms with van der Waals surface area (Å²) in [6, 6.07) is 11.3. The van der Waals surface area contributed by atoms with E-state index in [0.29, 0.717) is 17.3 Å². The van der Waals surface area contributed by atoms with Crippen molar-refractivity contribution in [2.24, 2.45) is 0 Å². The largest absolute Gasteiger partial charge is 0.490 e. The number of hydrogen-bond donors (Lipinski definition) is 0. The Kier molecular flexibility index (Phi) is 7.73. The molecular weight excluding hydrogens is 459 g/mol. The molecule has 1 unspecified atom stereocenters. The zero-order valence-corrected chi connectivity index (χ0v) is 20.2. The molecule has 2 fully saturated rings. The lowest BCUT2D eigenvalue weighted by molar-refractivity contribution is -0.153. The Balaban J connectivity index is 1.55. The summed E-state index contributed by atoms with van der Waals surface area (Å²) in [5.41, 5.74) is -0.158. The molecule has 4 rings (SSSR count). The number of amides is 2. The van der Waals surface area contributed by atoms with Crippen LogP contribution in [-0.2, 0) is 9.53 Å². The van der Waals surface area contributed by atoms with Gasteiger partial charge in [-0.15, -0.1) is 0 Å². The Morgan fingerprint density at radius 2 is 1.85 bits per heavy atom. The number of aryl methyl sites for hydroxylation is 1. The average molecular weight is 489 g/mol. The van der Waals surface area contributed by atoms with Crippen molar-refractivity contribution in [3.8, 4) is 5.75 Å². The first-order chi connectivity index (χ1) is 16.4. The molecule has 2 aliphatic rings. The summed E-state index contributed by atoms with van der Waals surface area (Å²) in [6.07, 6.45) is 3.17. The highest BCUT2D eigenvalue weighted by atomic mass is 35.5. The molecule has 1 atom stereocenters. The van der Waals surface area contributed by atoms with Gasteiger partial charge in [0.05, 0.1) is 25.1 Å². The van der Waals surface area contributed by atoms with Crippen molar-refractivity contribution in [1.82, 2.24) is 9.80 Å². The Bertz CT molecular complexity index is 1040. The third-order valence-corrected chi connectivity index (χ3v) is 6.88. The van der Waals surface area contributed by atoms with Crippen LogP contribution >= 0.6 is 11.6 Å². The maximum atomic E-state index is 14.3. The SMILES string of the molecule is Cc1cc(OCC2(CC(=O)N3CCCCC3)CN(C(=O)c3ccccc3F)CCO2)ccc1Cl. The molecule has 2 aromatic rings. The van der Waals surface area contributed by atoms with E-state index in [4.69, 9.17) is 21.1 Å². The van der Waals surface area contributed by atoms with Crippen LogP contribution in [0.3, 0.4) is 0 Å². The van der Waals surface area contributed by atoms with Crippen molar-refractivity contribution in [3.63, 3.8) is 0 Å². The van der Waals surface area contributed by atoms with E-state index in [2.05, 4.69) is 0 Å². The lowest BCUT2D eigenvalue weighted by Crippen LogP contribution is -2.58. The molecule has 0 spiro atoms. The van der Waals surface area contributed by atoms with Crippen molar-refractivity contribution < 1.29 is 23.5 Å². The first kappa shape index (κ1) is 24.5. The second-order valence-electron chi connectivity index (χ2n) is 9.06. The van der Waals surface area contributed by atoms with Gasteiger partial charge in [0.25, 0.3) is 5.91 Å². The molecule has 0 radical (unpaired) electrons. The van der Waals surface area contributed by atoms with E-state index in [-0.39, 0.29) is 37.6 Å². The fraction of sp³-hybridized carbons (Fsp3) is 0.462. The van der Waals surface area contributed by atoms with Gasteiger partial charge in [0, 0.05) is 24.7 Å². The summed E-state index contributed by atoms with van der Waals surface area (Å²) in [6.45, 7) is 4.09. The fourth-order valence-corrected chi connectivity index (χ4v) is 4.64. The molecule has 0 N–H and O–H groups in total. The number of likely N-dealkylation sites (tertiary alicyclic amines) is 1. The number of piperidine rings is 1. The van der Waals surface area contributed by atoms with E-state index in [1.165, 1.54) is 12.1 Å². The summed E-state index contributed by atoms with van der Waals surface area (Å²) < 4.78 is 26.5. The molecule has 0 saturated carbocycles. The summed E-state index contributed by atoms with van der Waals surface area (Å²) in [4.78, 5) is 29.7. The van der Waals surface area contributed by atoms with Crippen LogP contribution in [0, 0.1) is 12.7 Å². The van der Waals surface area contributed by atoms with Gasteiger partial charge in [-0.2, -0.15) is 0 Å². The second kappa shape index (κ2) is 10.7. The molecule has 0 bridgehead atoms. The van der Waals surface area contributed by atoms with Gasteiger partial charge in [-0.05, 0) is 62.1 Å². The number of rotatable bonds is 6. The van der Waals surface area contributed by atoms with E-state index in [9.17, 15) is 14.0 Å². The van der Waals surface area contributed by atoms with Gasteiger partial charge < -0.3 is 19.3 Å². The lowest BCUT2D eigenvalue weighted by Gasteiger charge is -2.43. The van der Waals surface area contributed by atoms with Crippen LogP contribution in [0.15, 0.2) is 42.5 Å². The first-order valence-electron chi connectivity index (χ1n) is 11.7. The standard InChI is InChI=1S/C26H30ClFN2O4/c1-19-15-20(9-10-22(19)27)33-18-26(16-24(31)29-11-5-2-6-12-29)17-30(13-14-34-26)25(32)21-7-3-4-8-23(21)28/h3-4,7-10,15H,2,5-6,11-14,16-18H2,1H3. The maximum Gasteiger partial charge on any atom is 0.257 e. The Morgan fingerprint density at radius 1 is 1.09 bits per heavy atom. The molecule has 2 aromatic carbocycles. The van der Waals surface area contributed by atoms with Crippen LogP contribution in [0.2, 0.25) is 5.02 Å². The van der Waals surface area contributed by atoms with Crippen LogP contribution in [-0.4, -0.2) is 66.6 Å². The van der Waals surface area contributed by atoms with Gasteiger partial charge in [-0.1, -0.05) is 23.7 Å². The molecule has 8 heteroatoms. The molecule has 6 nitrogen and oxygen atoms in total. The van der Waals surface area contributed by atoms with Crippen LogP contribution in [0.1, 0.15) is 41.6 Å². The highest BCUT2D eigenvalue weighted by Crippen LogP contribution is 2.28. The zero-order chi connectivity index (χ0) is 24.1. The van der Waals surface area contributed by atoms with E-state index in [1.807, 2.05) is 17.9 Å². The van der Waals surface area contributed by atoms with Gasteiger partial charge in [0.2, 0.25) is 5.91 Å². The predicted octanol–water partition coefficient (Wildman–Crippen LogP) is 4.48. The maximum absolute atomic E-state index is 14.3. The normalized spacial score (nSPS) is 20.8. The minimum atomic E-state index is -1.04. The second-order valence-corrected chi connectivity index (χ2v) is 9.46. The van der Waals surface area contributed by atoms with Crippen LogP contribution in [0.25, 0.3) is 0 Å². The van der Waals surface area contributed by atoms with E-state index < -0.39 is 17.3 Å². The molecule has 2 amide bonds. The van der Waals surface area contributed by atoms with Gasteiger partial charge in [0.1, 0.15) is 23.8 Å². The number of carbonyl (C=O) groups is 2.